The normalized spacial score (nSPS) is 15.5. The Bertz CT molecular complexity index is 758. The Hall–Kier alpha value is -3.02. The van der Waals surface area contributed by atoms with Gasteiger partial charge in [-0.05, 0) is 30.3 Å². The summed E-state index contributed by atoms with van der Waals surface area (Å²) in [5, 5.41) is 5.66. The number of para-hydroxylation sites is 1. The highest BCUT2D eigenvalue weighted by Gasteiger charge is 2.22. The summed E-state index contributed by atoms with van der Waals surface area (Å²) in [6, 6.07) is 14.5. The van der Waals surface area contributed by atoms with Crippen molar-refractivity contribution in [2.45, 2.75) is 19.4 Å². The minimum absolute atomic E-state index is 0.0665. The van der Waals surface area contributed by atoms with Gasteiger partial charge in [-0.1, -0.05) is 18.2 Å². The molecule has 2 aromatic rings. The molecule has 6 heteroatoms. The van der Waals surface area contributed by atoms with Gasteiger partial charge in [-0.15, -0.1) is 0 Å². The Kier molecular flexibility index (Phi) is 5.18. The van der Waals surface area contributed by atoms with E-state index >= 15 is 0 Å². The van der Waals surface area contributed by atoms with Crippen molar-refractivity contribution in [2.24, 2.45) is 0 Å². The molecule has 0 saturated heterocycles. The van der Waals surface area contributed by atoms with Gasteiger partial charge in [-0.2, -0.15) is 0 Å². The van der Waals surface area contributed by atoms with E-state index in [1.165, 1.54) is 6.92 Å². The Labute approximate surface area is 146 Å². The first kappa shape index (κ1) is 16.8. The van der Waals surface area contributed by atoms with Crippen molar-refractivity contribution in [1.82, 2.24) is 5.32 Å². The van der Waals surface area contributed by atoms with Crippen LogP contribution in [0.1, 0.15) is 24.9 Å². The zero-order valence-corrected chi connectivity index (χ0v) is 14.0. The highest BCUT2D eigenvalue weighted by atomic mass is 16.5. The lowest BCUT2D eigenvalue weighted by molar-refractivity contribution is -0.124. The van der Waals surface area contributed by atoms with E-state index in [1.54, 1.807) is 24.3 Å². The van der Waals surface area contributed by atoms with E-state index in [0.717, 1.165) is 17.7 Å². The molecule has 1 aliphatic rings. The lowest BCUT2D eigenvalue weighted by Crippen LogP contribution is -2.35. The van der Waals surface area contributed by atoms with Gasteiger partial charge in [0.15, 0.2) is 6.61 Å². The maximum atomic E-state index is 12.2. The zero-order chi connectivity index (χ0) is 17.6. The molecule has 0 aromatic heterocycles. The summed E-state index contributed by atoms with van der Waals surface area (Å²) in [4.78, 5) is 23.2. The smallest absolute Gasteiger partial charge is 0.258 e. The van der Waals surface area contributed by atoms with Crippen LogP contribution in [0.4, 0.5) is 5.69 Å². The van der Waals surface area contributed by atoms with Crippen LogP contribution in [-0.2, 0) is 9.59 Å². The summed E-state index contributed by atoms with van der Waals surface area (Å²) in [6.07, 6.45) is 0.730. The number of rotatable bonds is 5. The number of hydrogen-bond donors (Lipinski definition) is 2. The molecule has 0 spiro atoms. The number of carbonyl (C=O) groups excluding carboxylic acids is 2. The van der Waals surface area contributed by atoms with Crippen molar-refractivity contribution in [3.05, 3.63) is 54.1 Å². The number of anilines is 1. The molecule has 25 heavy (non-hydrogen) atoms. The molecule has 0 radical (unpaired) electrons. The topological polar surface area (TPSA) is 76.7 Å². The molecule has 0 aliphatic carbocycles. The minimum Gasteiger partial charge on any atom is -0.493 e. The van der Waals surface area contributed by atoms with Crippen molar-refractivity contribution in [3.63, 3.8) is 0 Å². The quantitative estimate of drug-likeness (QED) is 0.877. The first-order chi connectivity index (χ1) is 12.1. The SMILES string of the molecule is CC(=O)Nc1ccc(OCC(=O)NC2CCOc3ccccc32)cc1. The molecule has 130 valence electrons. The third-order valence-electron chi connectivity index (χ3n) is 3.84. The monoisotopic (exact) mass is 340 g/mol. The summed E-state index contributed by atoms with van der Waals surface area (Å²) < 4.78 is 11.1. The van der Waals surface area contributed by atoms with E-state index < -0.39 is 0 Å². The van der Waals surface area contributed by atoms with Crippen LogP contribution < -0.4 is 20.1 Å². The zero-order valence-electron chi connectivity index (χ0n) is 14.0. The molecular formula is C19H20N2O4. The number of benzene rings is 2. The lowest BCUT2D eigenvalue weighted by Gasteiger charge is -2.26. The molecule has 0 fully saturated rings. The second-order valence-electron chi connectivity index (χ2n) is 5.79. The fourth-order valence-electron chi connectivity index (χ4n) is 2.71. The van der Waals surface area contributed by atoms with Gasteiger partial charge in [-0.3, -0.25) is 9.59 Å². The molecule has 1 unspecified atom stereocenters. The average molecular weight is 340 g/mol. The maximum absolute atomic E-state index is 12.2. The largest absolute Gasteiger partial charge is 0.493 e. The Balaban J connectivity index is 1.53. The first-order valence-electron chi connectivity index (χ1n) is 8.13. The molecule has 3 rings (SSSR count). The van der Waals surface area contributed by atoms with E-state index in [-0.39, 0.29) is 24.5 Å². The average Bonchev–Trinajstić information content (AvgIpc) is 2.61. The predicted molar refractivity (Wildman–Crippen MR) is 93.7 cm³/mol. The van der Waals surface area contributed by atoms with Gasteiger partial charge in [0, 0.05) is 24.6 Å². The molecule has 2 N–H and O–H groups in total. The van der Waals surface area contributed by atoms with E-state index in [0.29, 0.717) is 18.0 Å². The molecule has 1 heterocycles. The number of carbonyl (C=O) groups is 2. The Morgan fingerprint density at radius 2 is 1.92 bits per heavy atom. The number of amides is 2. The molecule has 2 aromatic carbocycles. The van der Waals surface area contributed by atoms with Crippen molar-refractivity contribution in [2.75, 3.05) is 18.5 Å². The van der Waals surface area contributed by atoms with Gasteiger partial charge in [0.05, 0.1) is 12.6 Å². The van der Waals surface area contributed by atoms with Gasteiger partial charge in [0.25, 0.3) is 5.91 Å². The van der Waals surface area contributed by atoms with Gasteiger partial charge in [0.1, 0.15) is 11.5 Å². The van der Waals surface area contributed by atoms with Crippen molar-refractivity contribution < 1.29 is 19.1 Å². The number of fused-ring (bicyclic) bond motifs is 1. The highest BCUT2D eigenvalue weighted by Crippen LogP contribution is 2.31. The second-order valence-corrected chi connectivity index (χ2v) is 5.79. The van der Waals surface area contributed by atoms with Crippen LogP contribution in [-0.4, -0.2) is 25.0 Å². The first-order valence-corrected chi connectivity index (χ1v) is 8.13. The van der Waals surface area contributed by atoms with E-state index in [1.807, 2.05) is 24.3 Å². The predicted octanol–water partition coefficient (Wildman–Crippen LogP) is 2.66. The third kappa shape index (κ3) is 4.50. The summed E-state index contributed by atoms with van der Waals surface area (Å²) >= 11 is 0. The van der Waals surface area contributed by atoms with Crippen molar-refractivity contribution in [3.8, 4) is 11.5 Å². The Morgan fingerprint density at radius 1 is 1.16 bits per heavy atom. The summed E-state index contributed by atoms with van der Waals surface area (Å²) in [5.74, 6) is 1.06. The highest BCUT2D eigenvalue weighted by molar-refractivity contribution is 5.88. The standard InChI is InChI=1S/C19H20N2O4/c1-13(22)20-14-6-8-15(9-7-14)25-12-19(23)21-17-10-11-24-18-5-3-2-4-16(17)18/h2-9,17H,10-12H2,1H3,(H,20,22)(H,21,23). The van der Waals surface area contributed by atoms with E-state index in [4.69, 9.17) is 9.47 Å². The molecule has 2 amide bonds. The summed E-state index contributed by atoms with van der Waals surface area (Å²) in [7, 11) is 0. The second kappa shape index (κ2) is 7.70. The maximum Gasteiger partial charge on any atom is 0.258 e. The van der Waals surface area contributed by atoms with Gasteiger partial charge in [0.2, 0.25) is 5.91 Å². The Morgan fingerprint density at radius 3 is 2.68 bits per heavy atom. The number of ether oxygens (including phenoxy) is 2. The van der Waals surface area contributed by atoms with Crippen molar-refractivity contribution >= 4 is 17.5 Å². The van der Waals surface area contributed by atoms with E-state index in [9.17, 15) is 9.59 Å². The van der Waals surface area contributed by atoms with Crippen LogP contribution in [0.25, 0.3) is 0 Å². The summed E-state index contributed by atoms with van der Waals surface area (Å²) in [5.41, 5.74) is 1.67. The molecule has 6 nitrogen and oxygen atoms in total. The van der Waals surface area contributed by atoms with Crippen LogP contribution in [0.5, 0.6) is 11.5 Å². The van der Waals surface area contributed by atoms with Crippen LogP contribution >= 0.6 is 0 Å². The molecule has 1 aliphatic heterocycles. The van der Waals surface area contributed by atoms with Crippen LogP contribution in [0.3, 0.4) is 0 Å². The molecule has 0 saturated carbocycles. The number of hydrogen-bond acceptors (Lipinski definition) is 4. The molecule has 1 atom stereocenters. The van der Waals surface area contributed by atoms with Crippen molar-refractivity contribution in [1.29, 1.82) is 0 Å². The van der Waals surface area contributed by atoms with Crippen LogP contribution in [0, 0.1) is 0 Å². The van der Waals surface area contributed by atoms with Gasteiger partial charge in [-0.25, -0.2) is 0 Å². The van der Waals surface area contributed by atoms with Crippen LogP contribution in [0.2, 0.25) is 0 Å². The van der Waals surface area contributed by atoms with Crippen LogP contribution in [0.15, 0.2) is 48.5 Å². The lowest BCUT2D eigenvalue weighted by atomic mass is 10.0. The molecule has 0 bridgehead atoms. The molecular weight excluding hydrogens is 320 g/mol. The fraction of sp³-hybridized carbons (Fsp3) is 0.263. The fourth-order valence-corrected chi connectivity index (χ4v) is 2.71. The van der Waals surface area contributed by atoms with Gasteiger partial charge < -0.3 is 20.1 Å². The summed E-state index contributed by atoms with van der Waals surface area (Å²) in [6.45, 7) is 1.95. The third-order valence-corrected chi connectivity index (χ3v) is 3.84. The minimum atomic E-state index is -0.187. The van der Waals surface area contributed by atoms with E-state index in [2.05, 4.69) is 10.6 Å². The number of nitrogens with one attached hydrogen (secondary N) is 2. The van der Waals surface area contributed by atoms with Gasteiger partial charge >= 0.3 is 0 Å².